The highest BCUT2D eigenvalue weighted by atomic mass is 32.1. The number of aromatic nitrogens is 2. The van der Waals surface area contributed by atoms with Gasteiger partial charge in [-0.05, 0) is 18.4 Å². The van der Waals surface area contributed by atoms with Gasteiger partial charge in [-0.15, -0.1) is 21.5 Å². The Labute approximate surface area is 140 Å². The largest absolute Gasteiger partial charge is 0.424 e. The van der Waals surface area contributed by atoms with Crippen LogP contribution in [0.15, 0.2) is 21.9 Å². The summed E-state index contributed by atoms with van der Waals surface area (Å²) in [6.45, 7) is 8.49. The van der Waals surface area contributed by atoms with Gasteiger partial charge >= 0.3 is 0 Å². The predicted octanol–water partition coefficient (Wildman–Crippen LogP) is 2.42. The van der Waals surface area contributed by atoms with Crippen molar-refractivity contribution in [3.05, 3.63) is 34.2 Å². The molecule has 1 saturated heterocycles. The summed E-state index contributed by atoms with van der Waals surface area (Å²) in [7, 11) is 0. The van der Waals surface area contributed by atoms with Crippen molar-refractivity contribution in [1.82, 2.24) is 20.4 Å². The van der Waals surface area contributed by atoms with Crippen LogP contribution in [0.5, 0.6) is 0 Å². The zero-order valence-electron chi connectivity index (χ0n) is 13.7. The molecule has 0 aromatic carbocycles. The van der Waals surface area contributed by atoms with Crippen molar-refractivity contribution in [2.45, 2.75) is 32.4 Å². The van der Waals surface area contributed by atoms with Gasteiger partial charge in [-0.3, -0.25) is 4.90 Å². The van der Waals surface area contributed by atoms with Crippen LogP contribution in [-0.2, 0) is 11.2 Å². The molecule has 23 heavy (non-hydrogen) atoms. The second-order valence-corrected chi connectivity index (χ2v) is 6.68. The normalized spacial score (nSPS) is 18.9. The van der Waals surface area contributed by atoms with Gasteiger partial charge in [-0.2, -0.15) is 0 Å². The molecule has 0 radical (unpaired) electrons. The molecule has 0 bridgehead atoms. The molecule has 2 aromatic rings. The summed E-state index contributed by atoms with van der Waals surface area (Å²) >= 11 is 1.81. The molecule has 1 aliphatic heterocycles. The van der Waals surface area contributed by atoms with Crippen molar-refractivity contribution >= 4 is 11.3 Å². The van der Waals surface area contributed by atoms with Gasteiger partial charge in [0.1, 0.15) is 0 Å². The van der Waals surface area contributed by atoms with E-state index in [1.54, 1.807) is 11.3 Å². The van der Waals surface area contributed by atoms with Crippen LogP contribution < -0.4 is 5.32 Å². The van der Waals surface area contributed by atoms with Gasteiger partial charge in [-0.25, -0.2) is 0 Å². The highest BCUT2D eigenvalue weighted by Crippen LogP contribution is 2.26. The van der Waals surface area contributed by atoms with E-state index in [9.17, 15) is 0 Å². The van der Waals surface area contributed by atoms with E-state index < -0.39 is 0 Å². The van der Waals surface area contributed by atoms with Gasteiger partial charge in [0.25, 0.3) is 0 Å². The lowest BCUT2D eigenvalue weighted by atomic mass is 10.1. The Morgan fingerprint density at radius 1 is 1.35 bits per heavy atom. The highest BCUT2D eigenvalue weighted by molar-refractivity contribution is 7.10. The molecule has 3 rings (SSSR count). The number of hydrogen-bond donors (Lipinski definition) is 1. The third kappa shape index (κ3) is 4.17. The van der Waals surface area contributed by atoms with Gasteiger partial charge in [-0.1, -0.05) is 13.0 Å². The number of aryl methyl sites for hydroxylation is 1. The third-order valence-electron chi connectivity index (χ3n) is 4.13. The fourth-order valence-corrected chi connectivity index (χ4v) is 3.60. The second kappa shape index (κ2) is 8.01. The lowest BCUT2D eigenvalue weighted by Gasteiger charge is -2.34. The first-order chi connectivity index (χ1) is 11.3. The maximum atomic E-state index is 5.65. The zero-order chi connectivity index (χ0) is 16.1. The summed E-state index contributed by atoms with van der Waals surface area (Å²) in [6, 6.07) is 4.72. The molecule has 1 aliphatic rings. The van der Waals surface area contributed by atoms with Crippen molar-refractivity contribution in [2.24, 2.45) is 0 Å². The molecule has 0 unspecified atom stereocenters. The summed E-state index contributed by atoms with van der Waals surface area (Å²) in [5.41, 5.74) is 0. The highest BCUT2D eigenvalue weighted by Gasteiger charge is 2.24. The first kappa shape index (κ1) is 16.6. The Morgan fingerprint density at radius 2 is 2.17 bits per heavy atom. The van der Waals surface area contributed by atoms with E-state index in [1.165, 1.54) is 4.88 Å². The molecule has 126 valence electrons. The van der Waals surface area contributed by atoms with Crippen LogP contribution in [0.25, 0.3) is 0 Å². The molecular weight excluding hydrogens is 312 g/mol. The minimum Gasteiger partial charge on any atom is -0.424 e. The Morgan fingerprint density at radius 3 is 2.83 bits per heavy atom. The molecular formula is C16H24N4O2S. The van der Waals surface area contributed by atoms with Crippen molar-refractivity contribution in [3.63, 3.8) is 0 Å². The zero-order valence-corrected chi connectivity index (χ0v) is 14.5. The smallest absolute Gasteiger partial charge is 0.233 e. The molecule has 1 fully saturated rings. The predicted molar refractivity (Wildman–Crippen MR) is 89.5 cm³/mol. The summed E-state index contributed by atoms with van der Waals surface area (Å²) in [5.74, 6) is 1.35. The SMILES string of the molecule is CCc1nnc([C@H](C)NC[C@@H](c2cccs2)N2CCOCC2)o1. The van der Waals surface area contributed by atoms with Crippen LogP contribution in [0.2, 0.25) is 0 Å². The Hall–Kier alpha value is -1.28. The van der Waals surface area contributed by atoms with Gasteiger partial charge in [0, 0.05) is 30.9 Å². The van der Waals surface area contributed by atoms with E-state index in [0.29, 0.717) is 17.8 Å². The number of morpholine rings is 1. The maximum absolute atomic E-state index is 5.65. The van der Waals surface area contributed by atoms with Gasteiger partial charge in [0.2, 0.25) is 11.8 Å². The summed E-state index contributed by atoms with van der Waals surface area (Å²) in [4.78, 5) is 3.87. The molecule has 2 aromatic heterocycles. The molecule has 0 saturated carbocycles. The number of thiophene rings is 1. The minimum absolute atomic E-state index is 0.0475. The van der Waals surface area contributed by atoms with Crippen LogP contribution in [-0.4, -0.2) is 47.9 Å². The van der Waals surface area contributed by atoms with E-state index in [0.717, 1.165) is 39.3 Å². The fraction of sp³-hybridized carbons (Fsp3) is 0.625. The van der Waals surface area contributed by atoms with Crippen molar-refractivity contribution in [2.75, 3.05) is 32.8 Å². The number of ether oxygens (including phenoxy) is 1. The van der Waals surface area contributed by atoms with Crippen molar-refractivity contribution < 1.29 is 9.15 Å². The minimum atomic E-state index is 0.0475. The Kier molecular flexibility index (Phi) is 5.77. The van der Waals surface area contributed by atoms with E-state index in [1.807, 2.05) is 6.92 Å². The van der Waals surface area contributed by atoms with Gasteiger partial charge in [0.05, 0.1) is 25.3 Å². The number of rotatable bonds is 7. The first-order valence-electron chi connectivity index (χ1n) is 8.18. The van der Waals surface area contributed by atoms with Crippen LogP contribution in [0.4, 0.5) is 0 Å². The van der Waals surface area contributed by atoms with Gasteiger partial charge in [0.15, 0.2) is 0 Å². The summed E-state index contributed by atoms with van der Waals surface area (Å²) < 4.78 is 11.1. The summed E-state index contributed by atoms with van der Waals surface area (Å²) in [5, 5.41) is 13.9. The van der Waals surface area contributed by atoms with Crippen LogP contribution >= 0.6 is 11.3 Å². The number of hydrogen-bond acceptors (Lipinski definition) is 7. The fourth-order valence-electron chi connectivity index (χ4n) is 2.74. The maximum Gasteiger partial charge on any atom is 0.233 e. The quantitative estimate of drug-likeness (QED) is 0.838. The van der Waals surface area contributed by atoms with E-state index >= 15 is 0 Å². The molecule has 6 nitrogen and oxygen atoms in total. The molecule has 0 aliphatic carbocycles. The van der Waals surface area contributed by atoms with E-state index in [2.05, 4.69) is 44.9 Å². The Bertz CT molecular complexity index is 581. The molecule has 1 N–H and O–H groups in total. The van der Waals surface area contributed by atoms with E-state index in [-0.39, 0.29) is 6.04 Å². The number of nitrogens with zero attached hydrogens (tertiary/aromatic N) is 3. The van der Waals surface area contributed by atoms with E-state index in [4.69, 9.17) is 9.15 Å². The second-order valence-electron chi connectivity index (χ2n) is 5.70. The average molecular weight is 336 g/mol. The average Bonchev–Trinajstić information content (AvgIpc) is 3.27. The first-order valence-corrected chi connectivity index (χ1v) is 9.06. The van der Waals surface area contributed by atoms with Crippen LogP contribution in [0, 0.1) is 0 Å². The molecule has 7 heteroatoms. The molecule has 3 heterocycles. The molecule has 2 atom stereocenters. The third-order valence-corrected chi connectivity index (χ3v) is 5.10. The standard InChI is InChI=1S/C16H24N4O2S/c1-3-15-18-19-16(22-15)12(2)17-11-13(14-5-4-10-23-14)20-6-8-21-9-7-20/h4-5,10,12-13,17H,3,6-9,11H2,1-2H3/t12-,13-/m0/s1. The summed E-state index contributed by atoms with van der Waals surface area (Å²) in [6.07, 6.45) is 0.769. The molecule has 0 spiro atoms. The van der Waals surface area contributed by atoms with Crippen LogP contribution in [0.3, 0.4) is 0 Å². The van der Waals surface area contributed by atoms with Crippen molar-refractivity contribution in [1.29, 1.82) is 0 Å². The Balaban J connectivity index is 1.63. The lowest BCUT2D eigenvalue weighted by molar-refractivity contribution is 0.0163. The lowest BCUT2D eigenvalue weighted by Crippen LogP contribution is -2.42. The monoisotopic (exact) mass is 336 g/mol. The van der Waals surface area contributed by atoms with Crippen LogP contribution in [0.1, 0.15) is 42.6 Å². The molecule has 0 amide bonds. The van der Waals surface area contributed by atoms with Crippen molar-refractivity contribution in [3.8, 4) is 0 Å². The number of nitrogens with one attached hydrogen (secondary N) is 1. The van der Waals surface area contributed by atoms with Gasteiger partial charge < -0.3 is 14.5 Å². The topological polar surface area (TPSA) is 63.4 Å².